The summed E-state index contributed by atoms with van der Waals surface area (Å²) in [6, 6.07) is 3.99. The third-order valence-electron chi connectivity index (χ3n) is 3.54. The molecule has 0 N–H and O–H groups in total. The highest BCUT2D eigenvalue weighted by molar-refractivity contribution is 5.79. The summed E-state index contributed by atoms with van der Waals surface area (Å²) < 4.78 is 10.9. The van der Waals surface area contributed by atoms with E-state index in [-0.39, 0.29) is 17.6 Å². The minimum absolute atomic E-state index is 0.127. The van der Waals surface area contributed by atoms with Gasteiger partial charge in [-0.3, -0.25) is 4.79 Å². The van der Waals surface area contributed by atoms with Crippen LogP contribution in [-0.2, 0) is 4.79 Å². The minimum atomic E-state index is 0.127. The molecule has 2 atom stereocenters. The predicted octanol–water partition coefficient (Wildman–Crippen LogP) is 4.75. The maximum Gasteiger partial charge on any atom is 0.134 e. The molecule has 0 bridgehead atoms. The van der Waals surface area contributed by atoms with Gasteiger partial charge in [-0.2, -0.15) is 0 Å². The average Bonchev–Trinajstić information content (AvgIpc) is 2.97. The van der Waals surface area contributed by atoms with Crippen LogP contribution in [0.4, 0.5) is 0 Å². The molecule has 0 radical (unpaired) electrons. The zero-order valence-electron chi connectivity index (χ0n) is 12.6. The first-order valence-corrected chi connectivity index (χ1v) is 7.07. The van der Waals surface area contributed by atoms with Crippen molar-refractivity contribution in [1.82, 2.24) is 0 Å². The minimum Gasteiger partial charge on any atom is -0.469 e. The number of Topliss-reactive ketones (excluding diaryl/α,β-unsaturated/α-hetero) is 1. The summed E-state index contributed by atoms with van der Waals surface area (Å²) in [4.78, 5) is 12.1. The molecule has 0 saturated carbocycles. The van der Waals surface area contributed by atoms with E-state index < -0.39 is 0 Å². The SMILES string of the molecule is Cc1coc(C(C)CC(=O)CC(C)c2cc(C)co2)c1. The molecule has 20 heavy (non-hydrogen) atoms. The topological polar surface area (TPSA) is 43.4 Å². The van der Waals surface area contributed by atoms with Gasteiger partial charge >= 0.3 is 0 Å². The van der Waals surface area contributed by atoms with E-state index in [0.29, 0.717) is 12.8 Å². The molecule has 2 aromatic rings. The third-order valence-corrected chi connectivity index (χ3v) is 3.54. The number of carbonyl (C=O) groups is 1. The monoisotopic (exact) mass is 274 g/mol. The van der Waals surface area contributed by atoms with Crippen LogP contribution in [0.1, 0.15) is 61.2 Å². The molecule has 2 rings (SSSR count). The molecule has 0 saturated heterocycles. The van der Waals surface area contributed by atoms with Crippen LogP contribution in [0.25, 0.3) is 0 Å². The molecule has 2 heterocycles. The Morgan fingerprint density at radius 3 is 1.65 bits per heavy atom. The third kappa shape index (κ3) is 3.62. The highest BCUT2D eigenvalue weighted by Gasteiger charge is 2.18. The lowest BCUT2D eigenvalue weighted by Gasteiger charge is -2.10. The molecule has 2 aromatic heterocycles. The second-order valence-corrected chi connectivity index (χ2v) is 5.80. The van der Waals surface area contributed by atoms with Gasteiger partial charge in [-0.1, -0.05) is 13.8 Å². The zero-order valence-corrected chi connectivity index (χ0v) is 12.6. The first kappa shape index (κ1) is 14.6. The van der Waals surface area contributed by atoms with Gasteiger partial charge in [0.1, 0.15) is 17.3 Å². The lowest BCUT2D eigenvalue weighted by Crippen LogP contribution is -2.07. The zero-order chi connectivity index (χ0) is 14.7. The summed E-state index contributed by atoms with van der Waals surface area (Å²) in [6.45, 7) is 8.03. The van der Waals surface area contributed by atoms with Gasteiger partial charge in [0.05, 0.1) is 12.5 Å². The van der Waals surface area contributed by atoms with Gasteiger partial charge < -0.3 is 8.83 Å². The lowest BCUT2D eigenvalue weighted by atomic mass is 9.94. The molecule has 0 aromatic carbocycles. The molecular weight excluding hydrogens is 252 g/mol. The van der Waals surface area contributed by atoms with Gasteiger partial charge in [0.15, 0.2) is 0 Å². The van der Waals surface area contributed by atoms with Crippen molar-refractivity contribution in [2.75, 3.05) is 0 Å². The molecule has 3 nitrogen and oxygen atoms in total. The summed E-state index contributed by atoms with van der Waals surface area (Å²) in [6.07, 6.45) is 4.48. The Kier molecular flexibility index (Phi) is 4.48. The van der Waals surface area contributed by atoms with Crippen molar-refractivity contribution in [3.05, 3.63) is 47.3 Å². The normalized spacial score (nSPS) is 14.2. The number of hydrogen-bond donors (Lipinski definition) is 0. The quantitative estimate of drug-likeness (QED) is 0.763. The van der Waals surface area contributed by atoms with E-state index >= 15 is 0 Å². The van der Waals surface area contributed by atoms with Crippen molar-refractivity contribution in [2.24, 2.45) is 0 Å². The van der Waals surface area contributed by atoms with E-state index in [4.69, 9.17) is 8.83 Å². The fourth-order valence-electron chi connectivity index (χ4n) is 2.39. The molecule has 0 spiro atoms. The average molecular weight is 274 g/mol. The molecule has 0 aliphatic rings. The molecular formula is C17H22O3. The van der Waals surface area contributed by atoms with Crippen LogP contribution in [0.5, 0.6) is 0 Å². The van der Waals surface area contributed by atoms with Crippen LogP contribution < -0.4 is 0 Å². The maximum atomic E-state index is 12.1. The Morgan fingerprint density at radius 2 is 1.35 bits per heavy atom. The second kappa shape index (κ2) is 6.12. The van der Waals surface area contributed by atoms with Gasteiger partial charge in [-0.15, -0.1) is 0 Å². The van der Waals surface area contributed by atoms with Crippen molar-refractivity contribution in [3.8, 4) is 0 Å². The van der Waals surface area contributed by atoms with Crippen molar-refractivity contribution < 1.29 is 13.6 Å². The summed E-state index contributed by atoms with van der Waals surface area (Å²) >= 11 is 0. The van der Waals surface area contributed by atoms with Crippen molar-refractivity contribution >= 4 is 5.78 Å². The smallest absolute Gasteiger partial charge is 0.134 e. The summed E-state index contributed by atoms with van der Waals surface area (Å²) in [5.74, 6) is 2.27. The molecule has 2 unspecified atom stereocenters. The number of ketones is 1. The molecule has 108 valence electrons. The van der Waals surface area contributed by atoms with Gasteiger partial charge in [-0.05, 0) is 37.1 Å². The molecule has 0 amide bonds. The van der Waals surface area contributed by atoms with Crippen molar-refractivity contribution in [3.63, 3.8) is 0 Å². The Balaban J connectivity index is 1.89. The van der Waals surface area contributed by atoms with Gasteiger partial charge in [0, 0.05) is 24.7 Å². The number of carbonyl (C=O) groups excluding carboxylic acids is 1. The van der Waals surface area contributed by atoms with Crippen LogP contribution in [0.15, 0.2) is 33.5 Å². The molecule has 0 aliphatic carbocycles. The van der Waals surface area contributed by atoms with E-state index in [2.05, 4.69) is 0 Å². The van der Waals surface area contributed by atoms with Gasteiger partial charge in [-0.25, -0.2) is 0 Å². The fourth-order valence-corrected chi connectivity index (χ4v) is 2.39. The van der Waals surface area contributed by atoms with E-state index in [1.807, 2.05) is 39.8 Å². The van der Waals surface area contributed by atoms with E-state index in [1.54, 1.807) is 12.5 Å². The standard InChI is InChI=1S/C17H22O3/c1-11-5-16(19-9-11)13(3)7-15(18)8-14(4)17-6-12(2)10-20-17/h5-6,9-10,13-14H,7-8H2,1-4H3. The van der Waals surface area contributed by atoms with Crippen LogP contribution in [0, 0.1) is 13.8 Å². The summed E-state index contributed by atoms with van der Waals surface area (Å²) in [7, 11) is 0. The lowest BCUT2D eigenvalue weighted by molar-refractivity contribution is -0.119. The van der Waals surface area contributed by atoms with Crippen LogP contribution in [0.2, 0.25) is 0 Å². The van der Waals surface area contributed by atoms with E-state index in [0.717, 1.165) is 22.6 Å². The second-order valence-electron chi connectivity index (χ2n) is 5.80. The molecule has 0 fully saturated rings. The van der Waals surface area contributed by atoms with Gasteiger partial charge in [0.25, 0.3) is 0 Å². The number of hydrogen-bond acceptors (Lipinski definition) is 3. The fraction of sp³-hybridized carbons (Fsp3) is 0.471. The Morgan fingerprint density at radius 1 is 0.950 bits per heavy atom. The molecule has 0 aliphatic heterocycles. The maximum absolute atomic E-state index is 12.1. The van der Waals surface area contributed by atoms with Crippen LogP contribution in [0.3, 0.4) is 0 Å². The number of furan rings is 2. The highest BCUT2D eigenvalue weighted by atomic mass is 16.3. The van der Waals surface area contributed by atoms with Crippen molar-refractivity contribution in [1.29, 1.82) is 0 Å². The Labute approximate surface area is 120 Å². The van der Waals surface area contributed by atoms with Crippen LogP contribution >= 0.6 is 0 Å². The Bertz CT molecular complexity index is 526. The summed E-state index contributed by atoms with van der Waals surface area (Å²) in [5, 5.41) is 0. The number of aryl methyl sites for hydroxylation is 2. The Hall–Kier alpha value is -1.77. The first-order valence-electron chi connectivity index (χ1n) is 7.07. The van der Waals surface area contributed by atoms with Crippen LogP contribution in [-0.4, -0.2) is 5.78 Å². The summed E-state index contributed by atoms with van der Waals surface area (Å²) in [5.41, 5.74) is 2.19. The van der Waals surface area contributed by atoms with Gasteiger partial charge in [0.2, 0.25) is 0 Å². The number of rotatable bonds is 6. The van der Waals surface area contributed by atoms with E-state index in [9.17, 15) is 4.79 Å². The molecule has 3 heteroatoms. The van der Waals surface area contributed by atoms with Crippen molar-refractivity contribution in [2.45, 2.75) is 52.4 Å². The van der Waals surface area contributed by atoms with E-state index in [1.165, 1.54) is 0 Å². The first-order chi connectivity index (χ1) is 9.45. The highest BCUT2D eigenvalue weighted by Crippen LogP contribution is 2.26. The largest absolute Gasteiger partial charge is 0.469 e. The predicted molar refractivity (Wildman–Crippen MR) is 78.0 cm³/mol.